The smallest absolute Gasteiger partial charge is 0.337 e. The number of halogens is 1. The number of hydrogen-bond donors (Lipinski definition) is 4. The van der Waals surface area contributed by atoms with Crippen LogP contribution in [0.2, 0.25) is 5.02 Å². The molecule has 0 unspecified atom stereocenters. The molecule has 2 amide bonds. The van der Waals surface area contributed by atoms with E-state index in [2.05, 4.69) is 25.7 Å². The molecule has 1 aromatic heterocycles. The van der Waals surface area contributed by atoms with E-state index in [1.807, 2.05) is 51.1 Å². The summed E-state index contributed by atoms with van der Waals surface area (Å²) in [5.41, 5.74) is 7.83. The van der Waals surface area contributed by atoms with Gasteiger partial charge in [0.15, 0.2) is 17.7 Å². The first-order valence-electron chi connectivity index (χ1n) is 13.3. The lowest BCUT2D eigenvalue weighted by molar-refractivity contribution is -0.136. The maximum atomic E-state index is 12.4. The molecule has 0 saturated carbocycles. The Bertz CT molecular complexity index is 1520. The topological polar surface area (TPSA) is 135 Å². The summed E-state index contributed by atoms with van der Waals surface area (Å²) in [6, 6.07) is 13.4. The van der Waals surface area contributed by atoms with Crippen LogP contribution in [0.4, 0.5) is 4.79 Å². The molecule has 0 fully saturated rings. The molecule has 1 aliphatic rings. The van der Waals surface area contributed by atoms with Crippen molar-refractivity contribution in [2.24, 2.45) is 5.10 Å². The number of urea groups is 1. The quantitative estimate of drug-likeness (QED) is 0.112. The van der Waals surface area contributed by atoms with Crippen molar-refractivity contribution in [3.8, 4) is 17.2 Å². The number of rotatable bonds is 11. The number of nitrogens with zero attached hydrogens (tertiary/aromatic N) is 2. The maximum Gasteiger partial charge on any atom is 0.337 e. The largest absolute Gasteiger partial charge is 0.490 e. The van der Waals surface area contributed by atoms with Crippen molar-refractivity contribution in [2.75, 3.05) is 20.3 Å². The fourth-order valence-corrected chi connectivity index (χ4v) is 4.85. The summed E-state index contributed by atoms with van der Waals surface area (Å²) in [5.74, 6) is 0.192. The van der Waals surface area contributed by atoms with Crippen LogP contribution in [-0.2, 0) is 9.53 Å². The van der Waals surface area contributed by atoms with Crippen molar-refractivity contribution in [1.82, 2.24) is 20.6 Å². The molecule has 3 aromatic rings. The predicted molar refractivity (Wildman–Crippen MR) is 159 cm³/mol. The standard InChI is InChI=1S/C30H34ClN5O6/c1-6-41-25-14-20(28-27(29(38)40-5)18(3)33-30(39)34-28)7-12-24(25)42-16-26(37)35-32-15-21-13-17(2)36(19(21)4)23-10-8-22(31)9-11-23/h7-15,26,28,35,37H,6,16H2,1-5H3,(H2,33,34,39)/b32-15+/t26-,28-/m0/s1. The van der Waals surface area contributed by atoms with Crippen LogP contribution in [0.15, 0.2) is 64.9 Å². The van der Waals surface area contributed by atoms with E-state index in [0.717, 1.165) is 22.6 Å². The highest BCUT2D eigenvalue weighted by atomic mass is 35.5. The number of hydrazone groups is 1. The molecule has 0 radical (unpaired) electrons. The molecule has 4 N–H and O–H groups in total. The van der Waals surface area contributed by atoms with Crippen molar-refractivity contribution in [1.29, 1.82) is 0 Å². The number of aliphatic hydroxyl groups excluding tert-OH is 1. The van der Waals surface area contributed by atoms with E-state index >= 15 is 0 Å². The first-order chi connectivity index (χ1) is 20.1. The Hall–Kier alpha value is -4.48. The highest BCUT2D eigenvalue weighted by Gasteiger charge is 2.32. The Morgan fingerprint density at radius 3 is 2.57 bits per heavy atom. The van der Waals surface area contributed by atoms with E-state index in [9.17, 15) is 14.7 Å². The van der Waals surface area contributed by atoms with Crippen molar-refractivity contribution in [3.05, 3.63) is 87.3 Å². The number of amides is 2. The number of ether oxygens (including phenoxy) is 3. The Labute approximate surface area is 249 Å². The zero-order valence-corrected chi connectivity index (χ0v) is 24.8. The zero-order chi connectivity index (χ0) is 30.4. The lowest BCUT2D eigenvalue weighted by Gasteiger charge is -2.28. The van der Waals surface area contributed by atoms with Gasteiger partial charge in [-0.05, 0) is 75.7 Å². The molecule has 12 heteroatoms. The fourth-order valence-electron chi connectivity index (χ4n) is 4.72. The van der Waals surface area contributed by atoms with Crippen molar-refractivity contribution >= 4 is 29.8 Å². The summed E-state index contributed by atoms with van der Waals surface area (Å²) < 4.78 is 18.6. The zero-order valence-electron chi connectivity index (χ0n) is 24.0. The average Bonchev–Trinajstić information content (AvgIpc) is 3.24. The highest BCUT2D eigenvalue weighted by Crippen LogP contribution is 2.35. The van der Waals surface area contributed by atoms with Gasteiger partial charge in [-0.1, -0.05) is 17.7 Å². The molecule has 0 bridgehead atoms. The number of carbonyl (C=O) groups is 2. The van der Waals surface area contributed by atoms with Gasteiger partial charge in [0.25, 0.3) is 0 Å². The number of aromatic nitrogens is 1. The van der Waals surface area contributed by atoms with Gasteiger partial charge in [0.1, 0.15) is 6.61 Å². The van der Waals surface area contributed by atoms with E-state index in [0.29, 0.717) is 34.4 Å². The number of carbonyl (C=O) groups excluding carboxylic acids is 2. The summed E-state index contributed by atoms with van der Waals surface area (Å²) >= 11 is 6.03. The van der Waals surface area contributed by atoms with Gasteiger partial charge in [-0.2, -0.15) is 5.10 Å². The van der Waals surface area contributed by atoms with Gasteiger partial charge < -0.3 is 34.5 Å². The van der Waals surface area contributed by atoms with Crippen LogP contribution in [-0.4, -0.2) is 54.4 Å². The van der Waals surface area contributed by atoms with Crippen molar-refractivity contribution in [2.45, 2.75) is 40.0 Å². The predicted octanol–water partition coefficient (Wildman–Crippen LogP) is 4.27. The van der Waals surface area contributed by atoms with Crippen LogP contribution in [0.25, 0.3) is 5.69 Å². The fraction of sp³-hybridized carbons (Fsp3) is 0.300. The van der Waals surface area contributed by atoms with Crippen LogP contribution < -0.4 is 25.5 Å². The number of hydrogen-bond acceptors (Lipinski definition) is 8. The maximum absolute atomic E-state index is 12.4. The van der Waals surface area contributed by atoms with Gasteiger partial charge in [-0.3, -0.25) is 5.43 Å². The number of aliphatic hydroxyl groups is 1. The summed E-state index contributed by atoms with van der Waals surface area (Å²) in [6.45, 7) is 7.66. The minimum atomic E-state index is -1.12. The average molecular weight is 596 g/mol. The van der Waals surface area contributed by atoms with E-state index in [4.69, 9.17) is 25.8 Å². The third-order valence-electron chi connectivity index (χ3n) is 6.65. The number of esters is 1. The molecule has 0 spiro atoms. The number of nitrogens with one attached hydrogen (secondary N) is 3. The van der Waals surface area contributed by atoms with Crippen LogP contribution in [0.1, 0.15) is 42.4 Å². The van der Waals surface area contributed by atoms with Gasteiger partial charge in [0, 0.05) is 33.4 Å². The number of methoxy groups -OCH3 is 1. The molecular formula is C30H34ClN5O6. The second kappa shape index (κ2) is 13.5. The minimum Gasteiger partial charge on any atom is -0.490 e. The number of aryl methyl sites for hydroxylation is 1. The van der Waals surface area contributed by atoms with Gasteiger partial charge >= 0.3 is 12.0 Å². The lowest BCUT2D eigenvalue weighted by atomic mass is 9.95. The molecule has 0 saturated heterocycles. The molecule has 2 heterocycles. The first kappa shape index (κ1) is 30.5. The molecule has 222 valence electrons. The summed E-state index contributed by atoms with van der Waals surface area (Å²) in [5, 5.41) is 20.7. The molecule has 4 rings (SSSR count). The van der Waals surface area contributed by atoms with E-state index < -0.39 is 24.3 Å². The van der Waals surface area contributed by atoms with Crippen LogP contribution in [0.3, 0.4) is 0 Å². The molecule has 1 aliphatic heterocycles. The molecule has 42 heavy (non-hydrogen) atoms. The highest BCUT2D eigenvalue weighted by molar-refractivity contribution is 6.30. The molecule has 11 nitrogen and oxygen atoms in total. The number of benzene rings is 2. The van der Waals surface area contributed by atoms with Crippen molar-refractivity contribution in [3.63, 3.8) is 0 Å². The van der Waals surface area contributed by atoms with E-state index in [1.165, 1.54) is 7.11 Å². The van der Waals surface area contributed by atoms with Gasteiger partial charge in [0.2, 0.25) is 0 Å². The monoisotopic (exact) mass is 595 g/mol. The Balaban J connectivity index is 1.43. The Morgan fingerprint density at radius 2 is 1.88 bits per heavy atom. The van der Waals surface area contributed by atoms with E-state index in [1.54, 1.807) is 31.3 Å². The lowest BCUT2D eigenvalue weighted by Crippen LogP contribution is -2.45. The van der Waals surface area contributed by atoms with Gasteiger partial charge in [-0.25, -0.2) is 9.59 Å². The molecule has 2 aromatic carbocycles. The van der Waals surface area contributed by atoms with Crippen LogP contribution in [0, 0.1) is 13.8 Å². The summed E-state index contributed by atoms with van der Waals surface area (Å²) in [4.78, 5) is 24.6. The Kier molecular flexibility index (Phi) is 9.76. The summed E-state index contributed by atoms with van der Waals surface area (Å²) in [6.07, 6.45) is 0.524. The second-order valence-electron chi connectivity index (χ2n) is 9.55. The summed E-state index contributed by atoms with van der Waals surface area (Å²) in [7, 11) is 1.28. The third kappa shape index (κ3) is 6.87. The Morgan fingerprint density at radius 1 is 1.14 bits per heavy atom. The first-order valence-corrected chi connectivity index (χ1v) is 13.7. The number of allylic oxidation sites excluding steroid dienone is 1. The van der Waals surface area contributed by atoms with Gasteiger partial charge in [-0.15, -0.1) is 0 Å². The molecule has 0 aliphatic carbocycles. The molecule has 2 atom stereocenters. The van der Waals surface area contributed by atoms with Crippen LogP contribution in [0.5, 0.6) is 11.5 Å². The SMILES string of the molecule is CCOc1cc([C@@H]2NC(=O)NC(C)=C2C(=O)OC)ccc1OC[C@H](O)N/N=C/c1cc(C)n(-c2ccc(Cl)cc2)c1C. The minimum absolute atomic E-state index is 0.128. The van der Waals surface area contributed by atoms with Crippen LogP contribution >= 0.6 is 11.6 Å². The van der Waals surface area contributed by atoms with Gasteiger partial charge in [0.05, 0.1) is 31.5 Å². The second-order valence-corrected chi connectivity index (χ2v) is 9.99. The molecular weight excluding hydrogens is 562 g/mol. The third-order valence-corrected chi connectivity index (χ3v) is 6.91. The van der Waals surface area contributed by atoms with Crippen molar-refractivity contribution < 1.29 is 28.9 Å². The van der Waals surface area contributed by atoms with E-state index in [-0.39, 0.29) is 12.2 Å². The normalized spacial score (nSPS) is 15.7.